The van der Waals surface area contributed by atoms with Crippen molar-refractivity contribution in [1.82, 2.24) is 24.5 Å². The minimum atomic E-state index is -0.198. The van der Waals surface area contributed by atoms with Crippen molar-refractivity contribution in [3.8, 4) is 51.0 Å². The number of nitrogens with zero attached hydrogens (tertiary/aromatic N) is 5. The van der Waals surface area contributed by atoms with Crippen LogP contribution >= 0.6 is 0 Å². The lowest BCUT2D eigenvalue weighted by atomic mass is 9.84. The van der Waals surface area contributed by atoms with Gasteiger partial charge in [-0.2, -0.15) is 0 Å². The van der Waals surface area contributed by atoms with Gasteiger partial charge in [-0.3, -0.25) is 4.57 Å². The number of rotatable bonds is 4. The van der Waals surface area contributed by atoms with Gasteiger partial charge in [-0.25, -0.2) is 19.9 Å². The van der Waals surface area contributed by atoms with E-state index in [4.69, 9.17) is 19.9 Å². The Morgan fingerprint density at radius 1 is 0.476 bits per heavy atom. The largest absolute Gasteiger partial charge is 0.295 e. The molecule has 0 aliphatic carbocycles. The molecule has 0 N–H and O–H groups in total. The third kappa shape index (κ3) is 3.78. The fraction of sp³-hybridized carbons (Fsp3) is 0.0811. The number of benzene rings is 5. The first-order valence-corrected chi connectivity index (χ1v) is 14.2. The summed E-state index contributed by atoms with van der Waals surface area (Å²) in [6.45, 7) is 4.53. The molecule has 1 aliphatic rings. The van der Waals surface area contributed by atoms with Crippen LogP contribution in [0.1, 0.15) is 25.2 Å². The van der Waals surface area contributed by atoms with Gasteiger partial charge in [-0.15, -0.1) is 0 Å². The van der Waals surface area contributed by atoms with Gasteiger partial charge < -0.3 is 0 Å². The van der Waals surface area contributed by atoms with E-state index in [-0.39, 0.29) is 5.41 Å². The molecule has 0 saturated carbocycles. The van der Waals surface area contributed by atoms with Crippen LogP contribution in [0, 0.1) is 0 Å². The molecule has 5 heteroatoms. The number of hydrogen-bond acceptors (Lipinski definition) is 4. The fourth-order valence-electron chi connectivity index (χ4n) is 6.05. The Labute approximate surface area is 244 Å². The van der Waals surface area contributed by atoms with Crippen LogP contribution < -0.4 is 0 Å². The molecule has 3 heterocycles. The van der Waals surface area contributed by atoms with E-state index in [2.05, 4.69) is 85.1 Å². The van der Waals surface area contributed by atoms with Crippen molar-refractivity contribution in [1.29, 1.82) is 0 Å². The van der Waals surface area contributed by atoms with Gasteiger partial charge in [0.1, 0.15) is 5.82 Å². The molecular formula is C37H27N5. The van der Waals surface area contributed by atoms with Gasteiger partial charge in [-0.05, 0) is 37.1 Å². The molecule has 0 bridgehead atoms. The smallest absolute Gasteiger partial charge is 0.164 e. The van der Waals surface area contributed by atoms with Gasteiger partial charge in [0.05, 0.1) is 22.1 Å². The zero-order valence-electron chi connectivity index (χ0n) is 23.4. The van der Waals surface area contributed by atoms with Crippen LogP contribution in [0.25, 0.3) is 62.0 Å². The predicted molar refractivity (Wildman–Crippen MR) is 168 cm³/mol. The van der Waals surface area contributed by atoms with Gasteiger partial charge in [0.15, 0.2) is 17.5 Å². The average molecular weight is 542 g/mol. The Kier molecular flexibility index (Phi) is 5.41. The maximum Gasteiger partial charge on any atom is 0.164 e. The monoisotopic (exact) mass is 541 g/mol. The highest BCUT2D eigenvalue weighted by Crippen LogP contribution is 2.47. The molecule has 1 aliphatic heterocycles. The minimum Gasteiger partial charge on any atom is -0.295 e. The highest BCUT2D eigenvalue weighted by Gasteiger charge is 2.40. The molecule has 8 rings (SSSR count). The number of aromatic nitrogens is 5. The maximum absolute atomic E-state index is 5.06. The van der Waals surface area contributed by atoms with E-state index >= 15 is 0 Å². The van der Waals surface area contributed by atoms with Crippen LogP contribution in [0.5, 0.6) is 0 Å². The van der Waals surface area contributed by atoms with E-state index in [1.807, 2.05) is 60.7 Å². The summed E-state index contributed by atoms with van der Waals surface area (Å²) in [7, 11) is 0. The third-order valence-corrected chi connectivity index (χ3v) is 8.21. The van der Waals surface area contributed by atoms with Crippen LogP contribution in [0.3, 0.4) is 0 Å². The maximum atomic E-state index is 5.06. The summed E-state index contributed by atoms with van der Waals surface area (Å²) < 4.78 is 2.35. The summed E-state index contributed by atoms with van der Waals surface area (Å²) in [4.78, 5) is 19.7. The van der Waals surface area contributed by atoms with Crippen molar-refractivity contribution >= 4 is 11.0 Å². The van der Waals surface area contributed by atoms with Crippen molar-refractivity contribution in [2.24, 2.45) is 0 Å². The molecule has 0 amide bonds. The van der Waals surface area contributed by atoms with E-state index in [0.29, 0.717) is 17.5 Å². The predicted octanol–water partition coefficient (Wildman–Crippen LogP) is 8.52. The van der Waals surface area contributed by atoms with Crippen molar-refractivity contribution in [2.45, 2.75) is 19.3 Å². The zero-order valence-corrected chi connectivity index (χ0v) is 23.4. The topological polar surface area (TPSA) is 56.5 Å². The Hall–Kier alpha value is -5.42. The van der Waals surface area contributed by atoms with Crippen LogP contribution in [0.4, 0.5) is 0 Å². The van der Waals surface area contributed by atoms with E-state index in [1.54, 1.807) is 0 Å². The molecule has 0 fully saturated rings. The summed E-state index contributed by atoms with van der Waals surface area (Å²) in [5.41, 5.74) is 9.63. The second kappa shape index (κ2) is 9.32. The molecule has 0 radical (unpaired) electrons. The highest BCUT2D eigenvalue weighted by molar-refractivity contribution is 5.87. The normalized spacial score (nSPS) is 13.2. The SMILES string of the molecule is CC1(C)c2cccc(-c3ccc(-c4nc(-c5ccccc5)nc(-c5ccccc5)n4)cc3)c2-n2c1nc1ccccc12. The van der Waals surface area contributed by atoms with E-state index in [9.17, 15) is 0 Å². The van der Waals surface area contributed by atoms with Gasteiger partial charge in [-0.1, -0.05) is 115 Å². The van der Waals surface area contributed by atoms with Crippen molar-refractivity contribution in [3.63, 3.8) is 0 Å². The second-order valence-corrected chi connectivity index (χ2v) is 11.2. The van der Waals surface area contributed by atoms with Gasteiger partial charge >= 0.3 is 0 Å². The quantitative estimate of drug-likeness (QED) is 0.224. The lowest BCUT2D eigenvalue weighted by molar-refractivity contribution is 0.621. The second-order valence-electron chi connectivity index (χ2n) is 11.2. The lowest BCUT2D eigenvalue weighted by Crippen LogP contribution is -2.16. The van der Waals surface area contributed by atoms with Gasteiger partial charge in [0.25, 0.3) is 0 Å². The molecule has 42 heavy (non-hydrogen) atoms. The first kappa shape index (κ1) is 24.4. The standard InChI is InChI=1S/C37H27N5/c1-37(2)29-17-11-16-28(32(29)42-31-19-10-9-18-30(31)38-36(37)42)24-20-22-27(23-21-24)35-40-33(25-12-5-3-6-13-25)39-34(41-35)26-14-7-4-8-15-26/h3-23H,1-2H3. The first-order chi connectivity index (χ1) is 20.6. The van der Waals surface area contributed by atoms with E-state index in [0.717, 1.165) is 39.1 Å². The average Bonchev–Trinajstić information content (AvgIpc) is 3.55. The Balaban J connectivity index is 1.25. The molecule has 2 aromatic heterocycles. The summed E-state index contributed by atoms with van der Waals surface area (Å²) in [5, 5.41) is 0. The first-order valence-electron chi connectivity index (χ1n) is 14.2. The molecule has 200 valence electrons. The summed E-state index contributed by atoms with van der Waals surface area (Å²) in [6, 6.07) is 43.7. The van der Waals surface area contributed by atoms with Gasteiger partial charge in [0.2, 0.25) is 0 Å². The summed E-state index contributed by atoms with van der Waals surface area (Å²) >= 11 is 0. The lowest BCUT2D eigenvalue weighted by Gasteiger charge is -2.18. The molecule has 0 atom stereocenters. The number of para-hydroxylation sites is 3. The molecule has 7 aromatic rings. The van der Waals surface area contributed by atoms with Crippen LogP contribution in [-0.4, -0.2) is 24.5 Å². The minimum absolute atomic E-state index is 0.198. The molecule has 5 aromatic carbocycles. The molecule has 5 nitrogen and oxygen atoms in total. The molecular weight excluding hydrogens is 514 g/mol. The van der Waals surface area contributed by atoms with Crippen LogP contribution in [-0.2, 0) is 5.41 Å². The summed E-state index contributed by atoms with van der Waals surface area (Å²) in [6.07, 6.45) is 0. The highest BCUT2D eigenvalue weighted by atomic mass is 15.1. The van der Waals surface area contributed by atoms with Crippen molar-refractivity contribution in [2.75, 3.05) is 0 Å². The molecule has 0 unspecified atom stereocenters. The molecule has 0 spiro atoms. The van der Waals surface area contributed by atoms with E-state index in [1.165, 1.54) is 16.8 Å². The van der Waals surface area contributed by atoms with Crippen LogP contribution in [0.15, 0.2) is 127 Å². The van der Waals surface area contributed by atoms with Crippen molar-refractivity contribution < 1.29 is 0 Å². The van der Waals surface area contributed by atoms with Gasteiger partial charge in [0, 0.05) is 22.3 Å². The summed E-state index contributed by atoms with van der Waals surface area (Å²) in [5.74, 6) is 3.05. The molecule has 0 saturated heterocycles. The number of fused-ring (bicyclic) bond motifs is 5. The van der Waals surface area contributed by atoms with E-state index < -0.39 is 0 Å². The Bertz CT molecular complexity index is 2040. The Morgan fingerprint density at radius 3 is 1.62 bits per heavy atom. The number of imidazole rings is 1. The third-order valence-electron chi connectivity index (χ3n) is 8.21. The van der Waals surface area contributed by atoms with Crippen molar-refractivity contribution in [3.05, 3.63) is 139 Å². The Morgan fingerprint density at radius 2 is 1.00 bits per heavy atom. The number of hydrogen-bond donors (Lipinski definition) is 0. The fourth-order valence-corrected chi connectivity index (χ4v) is 6.05. The zero-order chi connectivity index (χ0) is 28.3. The van der Waals surface area contributed by atoms with Crippen LogP contribution in [0.2, 0.25) is 0 Å².